The molecule has 0 bridgehead atoms. The third kappa shape index (κ3) is 16.6. The molecule has 10 aliphatic rings. The summed E-state index contributed by atoms with van der Waals surface area (Å²) < 4.78 is 78.2. The molecule has 648 valence electrons. The summed E-state index contributed by atoms with van der Waals surface area (Å²) in [6.45, 7) is 3.11. The normalized spacial score (nSPS) is 20.6. The molecule has 6 amide bonds. The van der Waals surface area contributed by atoms with Crippen LogP contribution in [0.1, 0.15) is 181 Å². The van der Waals surface area contributed by atoms with Crippen molar-refractivity contribution in [1.29, 1.82) is 0 Å². The highest BCUT2D eigenvalue weighted by Gasteiger charge is 2.50. The number of hydrogen-bond donors (Lipinski definition) is 2. The number of phenolic OH excluding ortho intramolecular Hbond substituents is 2. The lowest BCUT2D eigenvalue weighted by Gasteiger charge is -2.45. The van der Waals surface area contributed by atoms with Gasteiger partial charge in [-0.2, -0.15) is 0 Å². The summed E-state index contributed by atoms with van der Waals surface area (Å²) in [7, 11) is 0. The van der Waals surface area contributed by atoms with E-state index in [4.69, 9.17) is 56.8 Å². The van der Waals surface area contributed by atoms with Crippen molar-refractivity contribution < 1.29 is 95.8 Å². The van der Waals surface area contributed by atoms with Crippen molar-refractivity contribution in [3.8, 4) is 80.5 Å². The molecule has 11 aromatic rings. The highest BCUT2D eigenvalue weighted by molar-refractivity contribution is 6.45. The van der Waals surface area contributed by atoms with E-state index in [1.807, 2.05) is 9.80 Å². The van der Waals surface area contributed by atoms with E-state index in [9.17, 15) is 10.2 Å². The maximum absolute atomic E-state index is 17.4. The number of aromatic hydroxyl groups is 2. The van der Waals surface area contributed by atoms with E-state index < -0.39 is 35.7 Å². The van der Waals surface area contributed by atoms with Crippen LogP contribution >= 0.6 is 0 Å². The van der Waals surface area contributed by atoms with Gasteiger partial charge in [-0.1, -0.05) is 126 Å². The number of ether oxygens (including phenoxy) is 12. The predicted molar refractivity (Wildman–Crippen MR) is 468 cm³/mol. The zero-order chi connectivity index (χ0) is 85.2. The average Bonchev–Trinajstić information content (AvgIpc) is 0.754. The number of fused-ring (bicyclic) bond motifs is 2. The highest BCUT2D eigenvalue weighted by atomic mass is 16.6. The number of amides is 6. The molecule has 4 saturated heterocycles. The Morgan fingerprint density at radius 1 is 0.317 bits per heavy atom. The first kappa shape index (κ1) is 80.9. The standard InChI is InChI=1S/C102H100N4O20/c107-65-37-33-59(34-38-65)41-83(101(113)103(61-17-5-1-6-18-61)62-19-7-2-8-20-62)105-97(109)79-47-85(123-71-29-13-25-67(43-71)115-51-75-55-119-75)91-93-87(125-73-31-15-27-69(45-73)117-53-77-57-121-77)49-81-90-82(100(112)106(99(81)111)84(42-60-35-39-66(108)40-36-60)102(114)104(63-21-9-3-10-22-63)64-23-11-4-12-24-64)50-88(126-74-32-16-28-70(46-74)118-54-78-58-122-78)94(96(90)93)92-86(48-80(98(105)110)89(79)95(91)92)124-72-30-14-26-68(44-72)116-52-76-56-120-76/h13-16,25-40,43-50,61-64,75-78,83-84,107-108H,1-12,17-24,41-42,51-58H2. The molecule has 24 heteroatoms. The Morgan fingerprint density at radius 2 is 0.556 bits per heavy atom. The maximum Gasteiger partial charge on any atom is 0.262 e. The van der Waals surface area contributed by atoms with Crippen LogP contribution < -0.4 is 37.9 Å². The lowest BCUT2D eigenvalue weighted by Crippen LogP contribution is -2.59. The predicted octanol–water partition coefficient (Wildman–Crippen LogP) is 18.8. The number of carbonyl (C=O) groups excluding carboxylic acids is 6. The molecule has 6 heterocycles. The minimum Gasteiger partial charge on any atom is -0.508 e. The second-order valence-corrected chi connectivity index (χ2v) is 35.5. The largest absolute Gasteiger partial charge is 0.508 e. The minimum atomic E-state index is -1.45. The van der Waals surface area contributed by atoms with E-state index >= 15 is 28.8 Å². The summed E-state index contributed by atoms with van der Waals surface area (Å²) in [6, 6.07) is 44.1. The number of imide groups is 2. The first-order chi connectivity index (χ1) is 61.7. The van der Waals surface area contributed by atoms with E-state index in [-0.39, 0.29) is 223 Å². The van der Waals surface area contributed by atoms with E-state index in [0.29, 0.717) is 60.6 Å². The molecule has 2 N–H and O–H groups in total. The van der Waals surface area contributed by atoms with Crippen LogP contribution in [0.3, 0.4) is 0 Å². The fraction of sp³-hybridized carbons (Fsp3) is 0.392. The summed E-state index contributed by atoms with van der Waals surface area (Å²) >= 11 is 0. The van der Waals surface area contributed by atoms with E-state index in [1.54, 1.807) is 146 Å². The molecule has 21 rings (SSSR count). The Labute approximate surface area is 728 Å². The summed E-state index contributed by atoms with van der Waals surface area (Å²) in [5, 5.41) is 23.3. The van der Waals surface area contributed by atoms with Gasteiger partial charge in [0, 0.05) is 104 Å². The molecule has 8 fully saturated rings. The lowest BCUT2D eigenvalue weighted by atomic mass is 9.80. The Balaban J connectivity index is 0.861. The first-order valence-electron chi connectivity index (χ1n) is 45.1. The van der Waals surface area contributed by atoms with Gasteiger partial charge < -0.3 is 76.9 Å². The molecular formula is C102H100N4O20. The van der Waals surface area contributed by atoms with Crippen molar-refractivity contribution >= 4 is 78.5 Å². The van der Waals surface area contributed by atoms with Gasteiger partial charge in [-0.3, -0.25) is 38.6 Å². The maximum atomic E-state index is 17.4. The van der Waals surface area contributed by atoms with E-state index in [1.165, 1.54) is 24.3 Å². The SMILES string of the molecule is O=C1c2cc(Oc3cccc(OCC4CO4)c3)c3c4c(Oc5cccc(OCC6CO6)c5)cc5c6c(cc(Oc7cccc(OCC8CO8)c7)c(c7c(Oc8cccc(OCC9CO9)c8)cc(c2c37)C(=O)N1C(Cc1ccc(O)cc1)C(=O)N(C1CCCCC1)C1CCCCC1)c64)C(=O)N(C(Cc1ccc(O)cc1)C(=O)N(C1CCCCC1)C1CCCCC1)C5=O. The van der Waals surface area contributed by atoms with Gasteiger partial charge in [-0.15, -0.1) is 0 Å². The minimum absolute atomic E-state index is 0.00382. The van der Waals surface area contributed by atoms with Crippen molar-refractivity contribution in [1.82, 2.24) is 19.6 Å². The number of epoxide rings is 4. The van der Waals surface area contributed by atoms with Crippen LogP contribution in [0.2, 0.25) is 0 Å². The van der Waals surface area contributed by atoms with Crippen LogP contribution in [0, 0.1) is 0 Å². The van der Waals surface area contributed by atoms with Gasteiger partial charge in [0.2, 0.25) is 11.8 Å². The topological polar surface area (TPSA) is 280 Å². The third-order valence-electron chi connectivity index (χ3n) is 26.8. The van der Waals surface area contributed by atoms with Crippen LogP contribution in [0.15, 0.2) is 170 Å². The van der Waals surface area contributed by atoms with Crippen LogP contribution in [-0.2, 0) is 41.4 Å². The average molecular weight is 1700 g/mol. The molecule has 0 radical (unpaired) electrons. The molecule has 6 atom stereocenters. The molecule has 4 aliphatic carbocycles. The van der Waals surface area contributed by atoms with Gasteiger partial charge in [0.15, 0.2) is 0 Å². The van der Waals surface area contributed by atoms with Gasteiger partial charge in [0.1, 0.15) is 143 Å². The second kappa shape index (κ2) is 34.6. The van der Waals surface area contributed by atoms with Crippen molar-refractivity contribution in [2.75, 3.05) is 52.9 Å². The second-order valence-electron chi connectivity index (χ2n) is 35.5. The van der Waals surface area contributed by atoms with Crippen molar-refractivity contribution in [3.63, 3.8) is 0 Å². The fourth-order valence-corrected chi connectivity index (χ4v) is 20.2. The van der Waals surface area contributed by atoms with Crippen LogP contribution in [0.5, 0.6) is 80.5 Å². The molecular weight excluding hydrogens is 1600 g/mol. The van der Waals surface area contributed by atoms with Gasteiger partial charge in [-0.25, -0.2) is 0 Å². The molecule has 6 unspecified atom stereocenters. The molecule has 24 nitrogen and oxygen atoms in total. The number of rotatable bonds is 32. The summed E-state index contributed by atoms with van der Waals surface area (Å²) in [5.74, 6) is -1.19. The molecule has 0 aromatic heterocycles. The molecule has 126 heavy (non-hydrogen) atoms. The van der Waals surface area contributed by atoms with Crippen LogP contribution in [0.25, 0.3) is 43.1 Å². The Bertz CT molecular complexity index is 5370. The smallest absolute Gasteiger partial charge is 0.262 e. The molecule has 6 aliphatic heterocycles. The molecule has 4 saturated carbocycles. The summed E-state index contributed by atoms with van der Waals surface area (Å²) in [4.78, 5) is 110. The monoisotopic (exact) mass is 1700 g/mol. The Hall–Kier alpha value is -12.2. The Kier molecular flexibility index (Phi) is 22.2. The van der Waals surface area contributed by atoms with Crippen molar-refractivity contribution in [2.45, 2.75) is 202 Å². The van der Waals surface area contributed by atoms with Gasteiger partial charge in [0.25, 0.3) is 23.6 Å². The number of carbonyl (C=O) groups is 6. The first-order valence-corrected chi connectivity index (χ1v) is 45.1. The van der Waals surface area contributed by atoms with Gasteiger partial charge in [-0.05, 0) is 160 Å². The van der Waals surface area contributed by atoms with Gasteiger partial charge in [0.05, 0.1) is 48.7 Å². The number of nitrogens with zero attached hydrogens (tertiary/aromatic N) is 4. The van der Waals surface area contributed by atoms with Crippen LogP contribution in [-0.4, -0.2) is 179 Å². The van der Waals surface area contributed by atoms with Crippen molar-refractivity contribution in [3.05, 3.63) is 203 Å². The molecule has 11 aromatic carbocycles. The molecule has 0 spiro atoms. The number of phenols is 2. The Morgan fingerprint density at radius 3 is 0.794 bits per heavy atom. The zero-order valence-electron chi connectivity index (χ0n) is 70.2. The number of benzene rings is 11. The highest BCUT2D eigenvalue weighted by Crippen LogP contribution is 2.59. The quantitative estimate of drug-likeness (QED) is 0.0171. The summed E-state index contributed by atoms with van der Waals surface area (Å²) in [6.07, 6.45) is 16.7. The van der Waals surface area contributed by atoms with Crippen molar-refractivity contribution in [2.24, 2.45) is 0 Å². The zero-order valence-corrected chi connectivity index (χ0v) is 70.2. The van der Waals surface area contributed by atoms with E-state index in [2.05, 4.69) is 0 Å². The number of hydrogen-bond acceptors (Lipinski definition) is 20. The summed E-state index contributed by atoms with van der Waals surface area (Å²) in [5.41, 5.74) is 1.08. The fourth-order valence-electron chi connectivity index (χ4n) is 20.2. The third-order valence-corrected chi connectivity index (χ3v) is 26.8. The lowest BCUT2D eigenvalue weighted by molar-refractivity contribution is -0.143. The van der Waals surface area contributed by atoms with E-state index in [0.717, 1.165) is 138 Å². The van der Waals surface area contributed by atoms with Crippen LogP contribution in [0.4, 0.5) is 0 Å². The van der Waals surface area contributed by atoms with Gasteiger partial charge >= 0.3 is 0 Å².